The van der Waals surface area contributed by atoms with Crippen LogP contribution in [0.5, 0.6) is 0 Å². The van der Waals surface area contributed by atoms with Crippen molar-refractivity contribution in [3.8, 4) is 0 Å². The molecule has 0 aliphatic rings. The van der Waals surface area contributed by atoms with Gasteiger partial charge in [-0.1, -0.05) is 46.8 Å². The molecule has 0 radical (unpaired) electrons. The van der Waals surface area contributed by atoms with E-state index in [1.165, 1.54) is 33.1 Å². The lowest BCUT2D eigenvalue weighted by Gasteiger charge is -2.25. The molecular formula is C23H27N3. The molecule has 3 nitrogen and oxygen atoms in total. The van der Waals surface area contributed by atoms with Gasteiger partial charge in [-0.3, -0.25) is 5.10 Å². The number of hydrogen-bond acceptors (Lipinski definition) is 1. The van der Waals surface area contributed by atoms with E-state index in [1.54, 1.807) is 0 Å². The summed E-state index contributed by atoms with van der Waals surface area (Å²) >= 11 is 0. The first-order chi connectivity index (χ1) is 12.2. The fourth-order valence-electron chi connectivity index (χ4n) is 3.70. The summed E-state index contributed by atoms with van der Waals surface area (Å²) < 4.78 is 0. The number of aromatic amines is 2. The third-order valence-corrected chi connectivity index (χ3v) is 5.40. The summed E-state index contributed by atoms with van der Waals surface area (Å²) in [5, 5.41) is 9.63. The largest absolute Gasteiger partial charge is 0.358 e. The highest BCUT2D eigenvalue weighted by Crippen LogP contribution is 2.32. The second-order valence-corrected chi connectivity index (χ2v) is 9.08. The molecule has 0 unspecified atom stereocenters. The van der Waals surface area contributed by atoms with Gasteiger partial charge >= 0.3 is 0 Å². The van der Waals surface area contributed by atoms with Crippen molar-refractivity contribution < 1.29 is 0 Å². The van der Waals surface area contributed by atoms with E-state index in [4.69, 9.17) is 0 Å². The second-order valence-electron chi connectivity index (χ2n) is 9.08. The van der Waals surface area contributed by atoms with Crippen LogP contribution in [0.15, 0.2) is 48.7 Å². The van der Waals surface area contributed by atoms with Gasteiger partial charge in [0.25, 0.3) is 0 Å². The van der Waals surface area contributed by atoms with E-state index in [-0.39, 0.29) is 10.8 Å². The van der Waals surface area contributed by atoms with Crippen LogP contribution in [0.2, 0.25) is 0 Å². The van der Waals surface area contributed by atoms with Crippen LogP contribution in [-0.4, -0.2) is 15.2 Å². The third-order valence-electron chi connectivity index (χ3n) is 5.40. The fourth-order valence-corrected chi connectivity index (χ4v) is 3.70. The zero-order valence-electron chi connectivity index (χ0n) is 16.3. The van der Waals surface area contributed by atoms with Crippen LogP contribution in [-0.2, 0) is 17.3 Å². The maximum Gasteiger partial charge on any atom is 0.0650 e. The SMILES string of the molecule is CC(C)(C)c1ccc2[nH]c(CC(C)(C)c3ccc4[nH]ncc4c3)cc2c1. The number of nitrogens with zero attached hydrogens (tertiary/aromatic N) is 1. The molecule has 0 amide bonds. The van der Waals surface area contributed by atoms with Gasteiger partial charge in [0.1, 0.15) is 0 Å². The average Bonchev–Trinajstić information content (AvgIpc) is 3.17. The first-order valence-electron chi connectivity index (χ1n) is 9.28. The number of H-pyrrole nitrogens is 2. The first kappa shape index (κ1) is 16.9. The normalized spacial score (nSPS) is 13.0. The third kappa shape index (κ3) is 3.03. The van der Waals surface area contributed by atoms with Crippen LogP contribution in [0.4, 0.5) is 0 Å². The zero-order valence-corrected chi connectivity index (χ0v) is 16.3. The van der Waals surface area contributed by atoms with Crippen molar-refractivity contribution in [2.24, 2.45) is 0 Å². The molecule has 0 bridgehead atoms. The molecule has 4 aromatic rings. The van der Waals surface area contributed by atoms with Gasteiger partial charge in [0, 0.05) is 16.6 Å². The monoisotopic (exact) mass is 345 g/mol. The van der Waals surface area contributed by atoms with Gasteiger partial charge in [-0.15, -0.1) is 0 Å². The van der Waals surface area contributed by atoms with Crippen LogP contribution in [0.1, 0.15) is 51.4 Å². The average molecular weight is 345 g/mol. The van der Waals surface area contributed by atoms with Crippen molar-refractivity contribution in [2.75, 3.05) is 0 Å². The van der Waals surface area contributed by atoms with E-state index in [2.05, 4.69) is 92.3 Å². The minimum Gasteiger partial charge on any atom is -0.358 e. The summed E-state index contributed by atoms with van der Waals surface area (Å²) in [5.74, 6) is 0. The smallest absolute Gasteiger partial charge is 0.0650 e. The molecule has 0 saturated carbocycles. The Morgan fingerprint density at radius 2 is 1.50 bits per heavy atom. The molecular weight excluding hydrogens is 318 g/mol. The van der Waals surface area contributed by atoms with Crippen LogP contribution in [0, 0.1) is 0 Å². The highest BCUT2D eigenvalue weighted by atomic mass is 15.1. The van der Waals surface area contributed by atoms with Gasteiger partial charge in [0.15, 0.2) is 0 Å². The van der Waals surface area contributed by atoms with Crippen molar-refractivity contribution in [3.63, 3.8) is 0 Å². The minimum atomic E-state index is 0.0409. The van der Waals surface area contributed by atoms with E-state index >= 15 is 0 Å². The van der Waals surface area contributed by atoms with Crippen LogP contribution in [0.3, 0.4) is 0 Å². The predicted octanol–water partition coefficient (Wildman–Crippen LogP) is 5.86. The summed E-state index contributed by atoms with van der Waals surface area (Å²) in [4.78, 5) is 3.61. The molecule has 0 saturated heterocycles. The lowest BCUT2D eigenvalue weighted by atomic mass is 9.80. The van der Waals surface area contributed by atoms with E-state index in [0.717, 1.165) is 11.9 Å². The molecule has 0 aliphatic carbocycles. The van der Waals surface area contributed by atoms with Gasteiger partial charge < -0.3 is 4.98 Å². The van der Waals surface area contributed by atoms with Crippen LogP contribution < -0.4 is 0 Å². The highest BCUT2D eigenvalue weighted by Gasteiger charge is 2.23. The van der Waals surface area contributed by atoms with Gasteiger partial charge in [-0.05, 0) is 64.1 Å². The highest BCUT2D eigenvalue weighted by molar-refractivity contribution is 5.81. The standard InChI is InChI=1S/C23H27N3/c1-22(2,3)17-6-8-20-15(10-17)12-19(25-20)13-23(4,5)18-7-9-21-16(11-18)14-24-26-21/h6-12,14,25H,13H2,1-5H3,(H,24,26). The van der Waals surface area contributed by atoms with E-state index < -0.39 is 0 Å². The van der Waals surface area contributed by atoms with Gasteiger partial charge in [-0.2, -0.15) is 5.10 Å². The lowest BCUT2D eigenvalue weighted by Crippen LogP contribution is -2.20. The molecule has 0 aliphatic heterocycles. The van der Waals surface area contributed by atoms with Crippen molar-refractivity contribution in [1.82, 2.24) is 15.2 Å². The molecule has 2 N–H and O–H groups in total. The lowest BCUT2D eigenvalue weighted by molar-refractivity contribution is 0.518. The summed E-state index contributed by atoms with van der Waals surface area (Å²) in [5.41, 5.74) is 6.51. The second kappa shape index (κ2) is 5.73. The molecule has 2 aromatic carbocycles. The maximum absolute atomic E-state index is 4.13. The Morgan fingerprint density at radius 3 is 2.27 bits per heavy atom. The van der Waals surface area contributed by atoms with Crippen molar-refractivity contribution in [3.05, 3.63) is 65.5 Å². The van der Waals surface area contributed by atoms with Crippen LogP contribution in [0.25, 0.3) is 21.8 Å². The van der Waals surface area contributed by atoms with Crippen molar-refractivity contribution in [1.29, 1.82) is 0 Å². The molecule has 3 heteroatoms. The summed E-state index contributed by atoms with van der Waals surface area (Å²) in [6.45, 7) is 11.4. The van der Waals surface area contributed by atoms with E-state index in [0.29, 0.717) is 0 Å². The Balaban J connectivity index is 1.66. The Bertz CT molecular complexity index is 1070. The molecule has 0 spiro atoms. The molecule has 134 valence electrons. The van der Waals surface area contributed by atoms with Gasteiger partial charge in [0.05, 0.1) is 11.7 Å². The minimum absolute atomic E-state index is 0.0409. The van der Waals surface area contributed by atoms with Crippen molar-refractivity contribution in [2.45, 2.75) is 51.9 Å². The molecule has 2 heterocycles. The number of aromatic nitrogens is 3. The molecule has 26 heavy (non-hydrogen) atoms. The Labute approximate surface area is 154 Å². The molecule has 0 atom stereocenters. The number of nitrogens with one attached hydrogen (secondary N) is 2. The number of fused-ring (bicyclic) bond motifs is 2. The quantitative estimate of drug-likeness (QED) is 0.480. The summed E-state index contributed by atoms with van der Waals surface area (Å²) in [6.07, 6.45) is 2.86. The molecule has 2 aromatic heterocycles. The van der Waals surface area contributed by atoms with Gasteiger partial charge in [0.2, 0.25) is 0 Å². The summed E-state index contributed by atoms with van der Waals surface area (Å²) in [6, 6.07) is 15.7. The van der Waals surface area contributed by atoms with E-state index in [1.807, 2.05) is 6.20 Å². The Hall–Kier alpha value is -2.55. The zero-order chi connectivity index (χ0) is 18.5. The van der Waals surface area contributed by atoms with E-state index in [9.17, 15) is 0 Å². The Morgan fingerprint density at radius 1 is 0.808 bits per heavy atom. The first-order valence-corrected chi connectivity index (χ1v) is 9.28. The van der Waals surface area contributed by atoms with Gasteiger partial charge in [-0.25, -0.2) is 0 Å². The predicted molar refractivity (Wildman–Crippen MR) is 110 cm³/mol. The maximum atomic E-state index is 4.13. The number of hydrogen-bond donors (Lipinski definition) is 2. The Kier molecular flexibility index (Phi) is 3.72. The fraction of sp³-hybridized carbons (Fsp3) is 0.348. The number of benzene rings is 2. The number of rotatable bonds is 3. The van der Waals surface area contributed by atoms with Crippen molar-refractivity contribution >= 4 is 21.8 Å². The van der Waals surface area contributed by atoms with Crippen LogP contribution >= 0.6 is 0 Å². The topological polar surface area (TPSA) is 44.5 Å². The molecule has 0 fully saturated rings. The summed E-state index contributed by atoms with van der Waals surface area (Å²) in [7, 11) is 0. The molecule has 4 rings (SSSR count).